The van der Waals surface area contributed by atoms with E-state index >= 15 is 0 Å². The maximum absolute atomic E-state index is 12.5. The van der Waals surface area contributed by atoms with Gasteiger partial charge in [0.05, 0.1) is 32.3 Å². The molecule has 0 radical (unpaired) electrons. The molecule has 5 heterocycles. The SMILES string of the molecule is O=c1ccc(-c2cccs2)c2n1C[C@H]1C[C@@H]2C[NH+](C2CCOCC2)C1. The highest BCUT2D eigenvalue weighted by molar-refractivity contribution is 7.13. The second-order valence-electron chi connectivity index (χ2n) is 7.81. The Hall–Kier alpha value is -1.43. The Morgan fingerprint density at radius 3 is 2.84 bits per heavy atom. The van der Waals surface area contributed by atoms with Gasteiger partial charge in [0.25, 0.3) is 5.56 Å². The van der Waals surface area contributed by atoms with Crippen LogP contribution in [-0.2, 0) is 11.3 Å². The van der Waals surface area contributed by atoms with E-state index in [0.29, 0.717) is 11.8 Å². The van der Waals surface area contributed by atoms with E-state index in [0.717, 1.165) is 25.8 Å². The van der Waals surface area contributed by atoms with Gasteiger partial charge in [-0.3, -0.25) is 4.79 Å². The molecule has 132 valence electrons. The molecule has 25 heavy (non-hydrogen) atoms. The Bertz CT molecular complexity index is 808. The van der Waals surface area contributed by atoms with Crippen LogP contribution in [-0.4, -0.2) is 36.9 Å². The Morgan fingerprint density at radius 1 is 1.16 bits per heavy atom. The first kappa shape index (κ1) is 15.8. The van der Waals surface area contributed by atoms with Crippen molar-refractivity contribution in [2.45, 2.75) is 37.8 Å². The molecule has 1 unspecified atom stereocenters. The normalized spacial score (nSPS) is 29.4. The van der Waals surface area contributed by atoms with Gasteiger partial charge < -0.3 is 14.2 Å². The maximum Gasteiger partial charge on any atom is 0.250 e. The summed E-state index contributed by atoms with van der Waals surface area (Å²) in [7, 11) is 0. The molecular formula is C20H25N2O2S+. The molecule has 1 N–H and O–H groups in total. The van der Waals surface area contributed by atoms with Crippen molar-refractivity contribution < 1.29 is 9.64 Å². The monoisotopic (exact) mass is 357 g/mol. The van der Waals surface area contributed by atoms with Crippen LogP contribution in [0.1, 0.15) is 30.9 Å². The minimum Gasteiger partial charge on any atom is -0.381 e. The highest BCUT2D eigenvalue weighted by atomic mass is 32.1. The van der Waals surface area contributed by atoms with Crippen molar-refractivity contribution in [1.29, 1.82) is 0 Å². The molecule has 4 nitrogen and oxygen atoms in total. The predicted molar refractivity (Wildman–Crippen MR) is 99.4 cm³/mol. The van der Waals surface area contributed by atoms with Crippen molar-refractivity contribution >= 4 is 11.3 Å². The average molecular weight is 357 g/mol. The van der Waals surface area contributed by atoms with Crippen LogP contribution in [0.2, 0.25) is 0 Å². The molecule has 0 aliphatic carbocycles. The van der Waals surface area contributed by atoms with Crippen molar-refractivity contribution in [2.75, 3.05) is 26.3 Å². The molecule has 3 aliphatic rings. The minimum atomic E-state index is 0.180. The number of hydrogen-bond donors (Lipinski definition) is 1. The minimum absolute atomic E-state index is 0.180. The second kappa shape index (κ2) is 6.38. The molecule has 2 aromatic rings. The first-order valence-corrected chi connectivity index (χ1v) is 10.4. The van der Waals surface area contributed by atoms with Crippen molar-refractivity contribution in [2.24, 2.45) is 5.92 Å². The molecule has 2 aromatic heterocycles. The van der Waals surface area contributed by atoms with Crippen LogP contribution in [0.5, 0.6) is 0 Å². The average Bonchev–Trinajstić information content (AvgIpc) is 3.18. The second-order valence-corrected chi connectivity index (χ2v) is 8.76. The van der Waals surface area contributed by atoms with Gasteiger partial charge in [-0.25, -0.2) is 0 Å². The molecule has 2 bridgehead atoms. The number of aromatic nitrogens is 1. The third-order valence-corrected chi connectivity index (χ3v) is 7.22. The fourth-order valence-electron chi connectivity index (χ4n) is 5.25. The number of piperidine rings is 1. The summed E-state index contributed by atoms with van der Waals surface area (Å²) in [6, 6.07) is 8.86. The molecule has 0 aromatic carbocycles. The molecule has 5 heteroatoms. The van der Waals surface area contributed by atoms with Gasteiger partial charge in [-0.1, -0.05) is 6.07 Å². The van der Waals surface area contributed by atoms with E-state index < -0.39 is 0 Å². The van der Waals surface area contributed by atoms with Crippen LogP contribution in [0.3, 0.4) is 0 Å². The molecule has 3 atom stereocenters. The third-order valence-electron chi connectivity index (χ3n) is 6.32. The number of likely N-dealkylation sites (tertiary alicyclic amines) is 1. The molecule has 0 saturated carbocycles. The summed E-state index contributed by atoms with van der Waals surface area (Å²) in [5.41, 5.74) is 2.77. The number of quaternary nitrogens is 1. The molecule has 0 spiro atoms. The summed E-state index contributed by atoms with van der Waals surface area (Å²) in [6.07, 6.45) is 3.62. The number of rotatable bonds is 2. The Balaban J connectivity index is 1.53. The van der Waals surface area contributed by atoms with Crippen molar-refractivity contribution in [1.82, 2.24) is 4.57 Å². The van der Waals surface area contributed by atoms with Gasteiger partial charge in [0.15, 0.2) is 0 Å². The van der Waals surface area contributed by atoms with Gasteiger partial charge in [0.2, 0.25) is 0 Å². The van der Waals surface area contributed by atoms with E-state index in [9.17, 15) is 4.79 Å². The number of pyridine rings is 1. The smallest absolute Gasteiger partial charge is 0.250 e. The lowest BCUT2D eigenvalue weighted by molar-refractivity contribution is -0.937. The topological polar surface area (TPSA) is 35.7 Å². The fraction of sp³-hybridized carbons (Fsp3) is 0.550. The predicted octanol–water partition coefficient (Wildman–Crippen LogP) is 1.76. The summed E-state index contributed by atoms with van der Waals surface area (Å²) in [5.74, 6) is 1.15. The summed E-state index contributed by atoms with van der Waals surface area (Å²) < 4.78 is 7.66. The van der Waals surface area contributed by atoms with E-state index in [-0.39, 0.29) is 5.56 Å². The van der Waals surface area contributed by atoms with Gasteiger partial charge in [0.1, 0.15) is 0 Å². The third kappa shape index (κ3) is 2.78. The molecule has 2 fully saturated rings. The first-order chi connectivity index (χ1) is 12.3. The summed E-state index contributed by atoms with van der Waals surface area (Å²) >= 11 is 1.78. The van der Waals surface area contributed by atoms with Crippen LogP contribution in [0.4, 0.5) is 0 Å². The zero-order chi connectivity index (χ0) is 16.8. The van der Waals surface area contributed by atoms with Crippen molar-refractivity contribution in [3.8, 4) is 10.4 Å². The lowest BCUT2D eigenvalue weighted by Crippen LogP contribution is -3.18. The van der Waals surface area contributed by atoms with Gasteiger partial charge in [-0.2, -0.15) is 0 Å². The number of hydrogen-bond acceptors (Lipinski definition) is 3. The van der Waals surface area contributed by atoms with E-state index in [4.69, 9.17) is 4.74 Å². The lowest BCUT2D eigenvalue weighted by Gasteiger charge is -2.44. The van der Waals surface area contributed by atoms with Crippen molar-refractivity contribution in [3.05, 3.63) is 45.7 Å². The van der Waals surface area contributed by atoms with Gasteiger partial charge in [-0.05, 0) is 23.9 Å². The highest BCUT2D eigenvalue weighted by Gasteiger charge is 2.41. The molecule has 2 saturated heterocycles. The zero-order valence-electron chi connectivity index (χ0n) is 14.4. The molecule has 0 amide bonds. The Kier molecular flexibility index (Phi) is 4.03. The van der Waals surface area contributed by atoms with Crippen LogP contribution in [0.25, 0.3) is 10.4 Å². The van der Waals surface area contributed by atoms with E-state index in [1.807, 2.05) is 0 Å². The van der Waals surface area contributed by atoms with Crippen molar-refractivity contribution in [3.63, 3.8) is 0 Å². The Morgan fingerprint density at radius 2 is 2.04 bits per heavy atom. The largest absolute Gasteiger partial charge is 0.381 e. The van der Waals surface area contributed by atoms with Crippen LogP contribution in [0.15, 0.2) is 34.4 Å². The number of fused-ring (bicyclic) bond motifs is 4. The zero-order valence-corrected chi connectivity index (χ0v) is 15.3. The van der Waals surface area contributed by atoms with Gasteiger partial charge in [0, 0.05) is 53.4 Å². The summed E-state index contributed by atoms with van der Waals surface area (Å²) in [6.45, 7) is 5.12. The fourth-order valence-corrected chi connectivity index (χ4v) is 6.01. The van der Waals surface area contributed by atoms with E-state index in [1.165, 1.54) is 48.5 Å². The highest BCUT2D eigenvalue weighted by Crippen LogP contribution is 2.38. The van der Waals surface area contributed by atoms with Gasteiger partial charge >= 0.3 is 0 Å². The van der Waals surface area contributed by atoms with Crippen LogP contribution in [0, 0.1) is 5.92 Å². The summed E-state index contributed by atoms with van der Waals surface area (Å²) in [4.78, 5) is 15.6. The number of thiophene rings is 1. The summed E-state index contributed by atoms with van der Waals surface area (Å²) in [5, 5.41) is 2.13. The van der Waals surface area contributed by atoms with E-state index in [1.54, 1.807) is 22.3 Å². The first-order valence-electron chi connectivity index (χ1n) is 9.49. The maximum atomic E-state index is 12.5. The standard InChI is InChI=1S/C20H24N2O2S/c23-19-4-3-17(18-2-1-9-25-18)20-15-10-14(12-22(19)20)11-21(13-15)16-5-7-24-8-6-16/h1-4,9,14-16H,5-8,10-13H2/p+1/t14-,15+/m0/s1. The van der Waals surface area contributed by atoms with Crippen LogP contribution >= 0.6 is 11.3 Å². The molecule has 5 rings (SSSR count). The van der Waals surface area contributed by atoms with Crippen LogP contribution < -0.4 is 10.5 Å². The quantitative estimate of drug-likeness (QED) is 0.889. The van der Waals surface area contributed by atoms with E-state index in [2.05, 4.69) is 28.1 Å². The number of nitrogens with zero attached hydrogens (tertiary/aromatic N) is 1. The number of nitrogens with one attached hydrogen (secondary N) is 1. The van der Waals surface area contributed by atoms with Gasteiger partial charge in [-0.15, -0.1) is 11.3 Å². The Labute approximate surface area is 152 Å². The number of ether oxygens (including phenoxy) is 1. The molecular weight excluding hydrogens is 332 g/mol. The molecule has 3 aliphatic heterocycles. The lowest BCUT2D eigenvalue weighted by atomic mass is 9.80.